The molecule has 1 unspecified atom stereocenters. The number of carbonyl (C=O) groups is 1. The minimum absolute atomic E-state index is 0.137. The molecule has 1 amide bonds. The number of imidazole rings is 1. The lowest BCUT2D eigenvalue weighted by Gasteiger charge is -2.23. The van der Waals surface area contributed by atoms with Gasteiger partial charge in [-0.3, -0.25) is 9.69 Å². The molecule has 2 aromatic carbocycles. The lowest BCUT2D eigenvalue weighted by molar-refractivity contribution is -0.125. The smallest absolute Gasteiger partial charge is 0.237 e. The first kappa shape index (κ1) is 19.2. The van der Waals surface area contributed by atoms with Crippen LogP contribution in [-0.4, -0.2) is 44.6 Å². The number of aliphatic hydroxyl groups excluding tert-OH is 1. The van der Waals surface area contributed by atoms with Crippen LogP contribution in [0.1, 0.15) is 17.8 Å². The summed E-state index contributed by atoms with van der Waals surface area (Å²) in [4.78, 5) is 22.4. The first-order valence-corrected chi connectivity index (χ1v) is 9.82. The molecule has 1 fully saturated rings. The molecule has 8 heteroatoms. The molecule has 6 nitrogen and oxygen atoms in total. The summed E-state index contributed by atoms with van der Waals surface area (Å²) in [6, 6.07) is 12.6. The number of rotatable bonds is 5. The van der Waals surface area contributed by atoms with Gasteiger partial charge in [0.2, 0.25) is 5.91 Å². The minimum atomic E-state index is -0.548. The molecule has 3 aromatic rings. The van der Waals surface area contributed by atoms with Crippen LogP contribution >= 0.6 is 23.2 Å². The third-order valence-corrected chi connectivity index (χ3v) is 5.53. The van der Waals surface area contributed by atoms with Crippen molar-refractivity contribution < 1.29 is 9.90 Å². The monoisotopic (exact) mass is 418 g/mol. The van der Waals surface area contributed by atoms with E-state index in [1.165, 1.54) is 0 Å². The third kappa shape index (κ3) is 4.15. The molecule has 0 bridgehead atoms. The SMILES string of the molecule is O=C(NCc1nc2ccccc2[nH]1)[C@@H]1CC(O)CN1Cc1ccc(Cl)cc1Cl. The molecule has 0 radical (unpaired) electrons. The van der Waals surface area contributed by atoms with Crippen molar-refractivity contribution >= 4 is 40.1 Å². The number of halogens is 2. The maximum Gasteiger partial charge on any atom is 0.237 e. The molecule has 1 aliphatic rings. The fourth-order valence-corrected chi connectivity index (χ4v) is 4.04. The first-order chi connectivity index (χ1) is 13.5. The highest BCUT2D eigenvalue weighted by atomic mass is 35.5. The second-order valence-corrected chi connectivity index (χ2v) is 7.83. The summed E-state index contributed by atoms with van der Waals surface area (Å²) in [6.07, 6.45) is -0.162. The Morgan fingerprint density at radius 2 is 2.11 bits per heavy atom. The number of benzene rings is 2. The summed E-state index contributed by atoms with van der Waals surface area (Å²) in [7, 11) is 0. The van der Waals surface area contributed by atoms with Gasteiger partial charge in [-0.1, -0.05) is 41.4 Å². The number of aromatic nitrogens is 2. The van der Waals surface area contributed by atoms with Gasteiger partial charge >= 0.3 is 0 Å². The van der Waals surface area contributed by atoms with Crippen LogP contribution in [0.15, 0.2) is 42.5 Å². The molecule has 4 rings (SSSR count). The number of aromatic amines is 1. The number of nitrogens with one attached hydrogen (secondary N) is 2. The predicted octanol–water partition coefficient (Wildman–Crippen LogP) is 3.12. The predicted molar refractivity (Wildman–Crippen MR) is 109 cm³/mol. The molecular formula is C20H20Cl2N4O2. The van der Waals surface area contributed by atoms with E-state index in [1.54, 1.807) is 12.1 Å². The number of H-pyrrole nitrogens is 1. The van der Waals surface area contributed by atoms with E-state index in [9.17, 15) is 9.90 Å². The topological polar surface area (TPSA) is 81.2 Å². The van der Waals surface area contributed by atoms with Gasteiger partial charge in [0.05, 0.1) is 29.7 Å². The van der Waals surface area contributed by atoms with Crippen molar-refractivity contribution in [2.75, 3.05) is 6.54 Å². The van der Waals surface area contributed by atoms with Crippen molar-refractivity contribution in [3.63, 3.8) is 0 Å². The van der Waals surface area contributed by atoms with Crippen molar-refractivity contribution in [2.24, 2.45) is 0 Å². The molecule has 146 valence electrons. The normalized spacial score (nSPS) is 20.0. The molecule has 0 saturated carbocycles. The van der Waals surface area contributed by atoms with Crippen LogP contribution in [0, 0.1) is 0 Å². The highest BCUT2D eigenvalue weighted by molar-refractivity contribution is 6.35. The van der Waals surface area contributed by atoms with Crippen molar-refractivity contribution in [3.8, 4) is 0 Å². The Bertz CT molecular complexity index is 974. The number of para-hydroxylation sites is 2. The molecule has 0 spiro atoms. The Balaban J connectivity index is 1.42. The summed E-state index contributed by atoms with van der Waals surface area (Å²) in [5.74, 6) is 0.558. The van der Waals surface area contributed by atoms with E-state index >= 15 is 0 Å². The molecule has 0 aliphatic carbocycles. The van der Waals surface area contributed by atoms with Crippen molar-refractivity contribution in [1.29, 1.82) is 0 Å². The van der Waals surface area contributed by atoms with Crippen LogP contribution in [0.25, 0.3) is 11.0 Å². The lowest BCUT2D eigenvalue weighted by atomic mass is 10.1. The molecule has 1 saturated heterocycles. The van der Waals surface area contributed by atoms with Gasteiger partial charge in [-0.15, -0.1) is 0 Å². The number of hydrogen-bond donors (Lipinski definition) is 3. The zero-order valence-corrected chi connectivity index (χ0v) is 16.5. The van der Waals surface area contributed by atoms with Crippen LogP contribution in [0.4, 0.5) is 0 Å². The molecule has 28 heavy (non-hydrogen) atoms. The number of nitrogens with zero attached hydrogens (tertiary/aromatic N) is 2. The highest BCUT2D eigenvalue weighted by Gasteiger charge is 2.36. The largest absolute Gasteiger partial charge is 0.392 e. The quantitative estimate of drug-likeness (QED) is 0.594. The summed E-state index contributed by atoms with van der Waals surface area (Å²) >= 11 is 12.2. The second-order valence-electron chi connectivity index (χ2n) is 6.99. The zero-order chi connectivity index (χ0) is 19.7. The Morgan fingerprint density at radius 3 is 2.89 bits per heavy atom. The van der Waals surface area contributed by atoms with Crippen molar-refractivity contribution in [1.82, 2.24) is 20.2 Å². The average Bonchev–Trinajstić information content (AvgIpc) is 3.25. The number of β-amino-alcohol motifs (C(OH)–C–C–N with tert-alkyl or cyclic N) is 1. The minimum Gasteiger partial charge on any atom is -0.392 e. The van der Waals surface area contributed by atoms with Crippen LogP contribution in [0.5, 0.6) is 0 Å². The van der Waals surface area contributed by atoms with E-state index < -0.39 is 12.1 Å². The van der Waals surface area contributed by atoms with Crippen LogP contribution in [-0.2, 0) is 17.9 Å². The first-order valence-electron chi connectivity index (χ1n) is 9.07. The van der Waals surface area contributed by atoms with Crippen molar-refractivity contribution in [2.45, 2.75) is 31.7 Å². The van der Waals surface area contributed by atoms with Crippen molar-refractivity contribution in [3.05, 3.63) is 63.9 Å². The summed E-state index contributed by atoms with van der Waals surface area (Å²) in [5.41, 5.74) is 2.67. The van der Waals surface area contributed by atoms with E-state index in [0.29, 0.717) is 41.9 Å². The average molecular weight is 419 g/mol. The molecule has 1 aromatic heterocycles. The maximum absolute atomic E-state index is 12.8. The third-order valence-electron chi connectivity index (χ3n) is 4.94. The van der Waals surface area contributed by atoms with E-state index in [-0.39, 0.29) is 5.91 Å². The number of aliphatic hydroxyl groups is 1. The number of fused-ring (bicyclic) bond motifs is 1. The fraction of sp³-hybridized carbons (Fsp3) is 0.300. The zero-order valence-electron chi connectivity index (χ0n) is 15.0. The second kappa shape index (κ2) is 8.09. The fourth-order valence-electron chi connectivity index (χ4n) is 3.57. The standard InChI is InChI=1S/C20H20Cl2N4O2/c21-13-6-5-12(15(22)7-13)10-26-11-14(27)8-18(26)20(28)23-9-19-24-16-3-1-2-4-17(16)25-19/h1-7,14,18,27H,8-11H2,(H,23,28)(H,24,25)/t14?,18-/m0/s1. The van der Waals surface area contributed by atoms with E-state index in [0.717, 1.165) is 16.6 Å². The number of hydrogen-bond acceptors (Lipinski definition) is 4. The number of likely N-dealkylation sites (tertiary alicyclic amines) is 1. The van der Waals surface area contributed by atoms with Crippen LogP contribution < -0.4 is 5.32 Å². The van der Waals surface area contributed by atoms with Gasteiger partial charge in [-0.05, 0) is 36.2 Å². The highest BCUT2D eigenvalue weighted by Crippen LogP contribution is 2.26. The van der Waals surface area contributed by atoms with Crippen LogP contribution in [0.3, 0.4) is 0 Å². The van der Waals surface area contributed by atoms with Gasteiger partial charge < -0.3 is 15.4 Å². The summed E-state index contributed by atoms with van der Waals surface area (Å²) in [6.45, 7) is 1.19. The maximum atomic E-state index is 12.8. The number of carbonyl (C=O) groups excluding carboxylic acids is 1. The Morgan fingerprint density at radius 1 is 1.29 bits per heavy atom. The Labute approximate surface area is 172 Å². The number of amides is 1. The van der Waals surface area contributed by atoms with Gasteiger partial charge in [-0.25, -0.2) is 4.98 Å². The van der Waals surface area contributed by atoms with Gasteiger partial charge in [0.1, 0.15) is 5.82 Å². The van der Waals surface area contributed by atoms with E-state index in [2.05, 4.69) is 15.3 Å². The molecule has 1 aliphatic heterocycles. The molecule has 2 heterocycles. The van der Waals surface area contributed by atoms with Gasteiger partial charge in [0.25, 0.3) is 0 Å². The Kier molecular flexibility index (Phi) is 5.55. The van der Waals surface area contributed by atoms with Gasteiger partial charge in [0, 0.05) is 23.1 Å². The van der Waals surface area contributed by atoms with Gasteiger partial charge in [0.15, 0.2) is 0 Å². The Hall–Kier alpha value is -2.12. The summed E-state index contributed by atoms with van der Waals surface area (Å²) < 4.78 is 0. The van der Waals surface area contributed by atoms with E-state index in [1.807, 2.05) is 35.2 Å². The van der Waals surface area contributed by atoms with Crippen LogP contribution in [0.2, 0.25) is 10.0 Å². The van der Waals surface area contributed by atoms with E-state index in [4.69, 9.17) is 23.2 Å². The molecule has 3 N–H and O–H groups in total. The molecular weight excluding hydrogens is 399 g/mol. The van der Waals surface area contributed by atoms with Gasteiger partial charge in [-0.2, -0.15) is 0 Å². The summed E-state index contributed by atoms with van der Waals surface area (Å²) in [5, 5.41) is 14.1. The molecule has 2 atom stereocenters. The lowest BCUT2D eigenvalue weighted by Crippen LogP contribution is -2.42.